The summed E-state index contributed by atoms with van der Waals surface area (Å²) in [6.45, 7) is 7.54. The number of rotatable bonds is 7. The molecule has 26 heavy (non-hydrogen) atoms. The third kappa shape index (κ3) is 6.75. The summed E-state index contributed by atoms with van der Waals surface area (Å²) < 4.78 is 1.95. The SMILES string of the molecule is CCCCNC(=NCc1nnc(C)n1C)NC(C)c1cccc(Cl)c1.I. The highest BCUT2D eigenvalue weighted by Crippen LogP contribution is 2.17. The molecule has 0 aliphatic rings. The monoisotopic (exact) mass is 490 g/mol. The number of aliphatic imine (C=N–C) groups is 1. The number of halogens is 2. The molecule has 1 aromatic heterocycles. The molecule has 0 bridgehead atoms. The first-order chi connectivity index (χ1) is 12.0. The summed E-state index contributed by atoms with van der Waals surface area (Å²) in [5, 5.41) is 15.8. The van der Waals surface area contributed by atoms with E-state index >= 15 is 0 Å². The van der Waals surface area contributed by atoms with E-state index in [0.717, 1.165) is 47.6 Å². The minimum absolute atomic E-state index is 0. The normalized spacial score (nSPS) is 12.4. The molecule has 1 heterocycles. The van der Waals surface area contributed by atoms with Crippen LogP contribution in [0.3, 0.4) is 0 Å². The van der Waals surface area contributed by atoms with Crippen LogP contribution in [0.4, 0.5) is 0 Å². The maximum atomic E-state index is 6.10. The molecule has 0 aliphatic carbocycles. The second-order valence-electron chi connectivity index (χ2n) is 6.09. The van der Waals surface area contributed by atoms with Crippen LogP contribution in [0.15, 0.2) is 29.3 Å². The molecule has 0 saturated carbocycles. The third-order valence-corrected chi connectivity index (χ3v) is 4.32. The number of hydrogen-bond acceptors (Lipinski definition) is 3. The molecule has 0 amide bonds. The number of guanidine groups is 1. The van der Waals surface area contributed by atoms with Crippen LogP contribution in [-0.4, -0.2) is 27.3 Å². The van der Waals surface area contributed by atoms with Crippen molar-refractivity contribution in [1.29, 1.82) is 0 Å². The first-order valence-corrected chi connectivity index (χ1v) is 9.04. The zero-order valence-corrected chi connectivity index (χ0v) is 18.9. The van der Waals surface area contributed by atoms with Gasteiger partial charge in [0.2, 0.25) is 0 Å². The third-order valence-electron chi connectivity index (χ3n) is 4.09. The fourth-order valence-corrected chi connectivity index (χ4v) is 2.54. The van der Waals surface area contributed by atoms with Crippen LogP contribution in [0.1, 0.15) is 49.9 Å². The molecule has 2 N–H and O–H groups in total. The van der Waals surface area contributed by atoms with Gasteiger partial charge in [0.1, 0.15) is 12.4 Å². The van der Waals surface area contributed by atoms with Crippen molar-refractivity contribution in [2.24, 2.45) is 12.0 Å². The van der Waals surface area contributed by atoms with Gasteiger partial charge in [0, 0.05) is 18.6 Å². The Kier molecular flexibility index (Phi) is 9.93. The van der Waals surface area contributed by atoms with Crippen molar-refractivity contribution in [3.8, 4) is 0 Å². The van der Waals surface area contributed by atoms with Crippen molar-refractivity contribution >= 4 is 41.5 Å². The summed E-state index contributed by atoms with van der Waals surface area (Å²) >= 11 is 6.10. The Labute approximate surface area is 177 Å². The smallest absolute Gasteiger partial charge is 0.192 e. The molecule has 0 fully saturated rings. The second-order valence-corrected chi connectivity index (χ2v) is 6.53. The Morgan fingerprint density at radius 3 is 2.73 bits per heavy atom. The highest BCUT2D eigenvalue weighted by atomic mass is 127. The predicted molar refractivity (Wildman–Crippen MR) is 118 cm³/mol. The molecular weight excluding hydrogens is 463 g/mol. The average molecular weight is 491 g/mol. The van der Waals surface area contributed by atoms with Gasteiger partial charge in [0.25, 0.3) is 0 Å². The average Bonchev–Trinajstić information content (AvgIpc) is 2.91. The first-order valence-electron chi connectivity index (χ1n) is 8.66. The summed E-state index contributed by atoms with van der Waals surface area (Å²) in [7, 11) is 1.95. The topological polar surface area (TPSA) is 67.1 Å². The lowest BCUT2D eigenvalue weighted by molar-refractivity contribution is 0.663. The fraction of sp³-hybridized carbons (Fsp3) is 0.500. The van der Waals surface area contributed by atoms with Gasteiger partial charge in [0.05, 0.1) is 6.04 Å². The van der Waals surface area contributed by atoms with E-state index in [9.17, 15) is 0 Å². The van der Waals surface area contributed by atoms with E-state index in [2.05, 4.69) is 45.7 Å². The number of nitrogens with zero attached hydrogens (tertiary/aromatic N) is 4. The minimum atomic E-state index is 0. The van der Waals surface area contributed by atoms with Gasteiger partial charge < -0.3 is 15.2 Å². The molecule has 2 aromatic rings. The summed E-state index contributed by atoms with van der Waals surface area (Å²) in [4.78, 5) is 4.67. The number of aromatic nitrogens is 3. The first kappa shape index (κ1) is 22.7. The molecule has 0 radical (unpaired) electrons. The molecule has 8 heteroatoms. The Morgan fingerprint density at radius 1 is 1.35 bits per heavy atom. The van der Waals surface area contributed by atoms with E-state index < -0.39 is 0 Å². The van der Waals surface area contributed by atoms with Crippen LogP contribution in [0, 0.1) is 6.92 Å². The highest BCUT2D eigenvalue weighted by molar-refractivity contribution is 14.0. The van der Waals surface area contributed by atoms with Crippen LogP contribution in [0.5, 0.6) is 0 Å². The summed E-state index contributed by atoms with van der Waals surface area (Å²) in [5.41, 5.74) is 1.12. The molecule has 0 aliphatic heterocycles. The molecule has 144 valence electrons. The number of hydrogen-bond donors (Lipinski definition) is 2. The molecule has 1 unspecified atom stereocenters. The van der Waals surface area contributed by atoms with Gasteiger partial charge in [-0.15, -0.1) is 34.2 Å². The Hall–Kier alpha value is -1.35. The highest BCUT2D eigenvalue weighted by Gasteiger charge is 2.10. The van der Waals surface area contributed by atoms with E-state index in [4.69, 9.17) is 11.6 Å². The van der Waals surface area contributed by atoms with Gasteiger partial charge in [-0.25, -0.2) is 4.99 Å². The van der Waals surface area contributed by atoms with Gasteiger partial charge in [-0.2, -0.15) is 0 Å². The van der Waals surface area contributed by atoms with Gasteiger partial charge >= 0.3 is 0 Å². The standard InChI is InChI=1S/C18H27ClN6.HI/c1-5-6-10-20-18(21-12-17-24-23-14(3)25(17)4)22-13(2)15-8-7-9-16(19)11-15;/h7-9,11,13H,5-6,10,12H2,1-4H3,(H2,20,21,22);1H. The zero-order valence-electron chi connectivity index (χ0n) is 15.8. The summed E-state index contributed by atoms with van der Waals surface area (Å²) in [6.07, 6.45) is 2.22. The predicted octanol–water partition coefficient (Wildman–Crippen LogP) is 3.99. The van der Waals surface area contributed by atoms with Crippen molar-refractivity contribution < 1.29 is 0 Å². The Morgan fingerprint density at radius 2 is 2.12 bits per heavy atom. The van der Waals surface area contributed by atoms with E-state index in [1.807, 2.05) is 36.7 Å². The maximum absolute atomic E-state index is 6.10. The minimum Gasteiger partial charge on any atom is -0.356 e. The summed E-state index contributed by atoms with van der Waals surface area (Å²) in [6, 6.07) is 7.95. The van der Waals surface area contributed by atoms with Crippen molar-refractivity contribution in [2.75, 3.05) is 6.54 Å². The van der Waals surface area contributed by atoms with Crippen LogP contribution in [-0.2, 0) is 13.6 Å². The number of nitrogens with one attached hydrogen (secondary N) is 2. The quantitative estimate of drug-likeness (QED) is 0.267. The summed E-state index contributed by atoms with van der Waals surface area (Å²) in [5.74, 6) is 2.48. The lowest BCUT2D eigenvalue weighted by Gasteiger charge is -2.19. The van der Waals surface area contributed by atoms with Crippen LogP contribution >= 0.6 is 35.6 Å². The van der Waals surface area contributed by atoms with E-state index in [1.165, 1.54) is 0 Å². The zero-order chi connectivity index (χ0) is 18.2. The lowest BCUT2D eigenvalue weighted by Crippen LogP contribution is -2.39. The fourth-order valence-electron chi connectivity index (χ4n) is 2.34. The van der Waals surface area contributed by atoms with Gasteiger partial charge in [-0.05, 0) is 38.0 Å². The van der Waals surface area contributed by atoms with Crippen molar-refractivity contribution in [3.05, 3.63) is 46.5 Å². The van der Waals surface area contributed by atoms with E-state index in [0.29, 0.717) is 6.54 Å². The Bertz CT molecular complexity index is 715. The molecule has 1 atom stereocenters. The second kappa shape index (κ2) is 11.4. The molecular formula is C18H28ClIN6. The van der Waals surface area contributed by atoms with Crippen molar-refractivity contribution in [3.63, 3.8) is 0 Å². The van der Waals surface area contributed by atoms with Gasteiger partial charge in [0.15, 0.2) is 11.8 Å². The largest absolute Gasteiger partial charge is 0.356 e. The lowest BCUT2D eigenvalue weighted by atomic mass is 10.1. The molecule has 0 spiro atoms. The molecule has 1 aromatic carbocycles. The van der Waals surface area contributed by atoms with Crippen LogP contribution < -0.4 is 10.6 Å². The maximum Gasteiger partial charge on any atom is 0.192 e. The van der Waals surface area contributed by atoms with Crippen LogP contribution in [0.2, 0.25) is 5.02 Å². The molecule has 2 rings (SSSR count). The Balaban J connectivity index is 0.00000338. The number of unbranched alkanes of at least 4 members (excludes halogenated alkanes) is 1. The van der Waals surface area contributed by atoms with E-state index in [1.54, 1.807) is 0 Å². The van der Waals surface area contributed by atoms with E-state index in [-0.39, 0.29) is 30.0 Å². The van der Waals surface area contributed by atoms with Crippen molar-refractivity contribution in [1.82, 2.24) is 25.4 Å². The van der Waals surface area contributed by atoms with Gasteiger partial charge in [-0.3, -0.25) is 0 Å². The van der Waals surface area contributed by atoms with Crippen molar-refractivity contribution in [2.45, 2.75) is 46.2 Å². The molecule has 0 saturated heterocycles. The molecule has 6 nitrogen and oxygen atoms in total. The number of benzene rings is 1. The van der Waals surface area contributed by atoms with Crippen LogP contribution in [0.25, 0.3) is 0 Å². The number of aryl methyl sites for hydroxylation is 1. The van der Waals surface area contributed by atoms with Gasteiger partial charge in [-0.1, -0.05) is 37.1 Å².